The van der Waals surface area contributed by atoms with Gasteiger partial charge in [0.2, 0.25) is 0 Å². The van der Waals surface area contributed by atoms with Crippen LogP contribution >= 0.6 is 0 Å². The molecule has 0 unspecified atom stereocenters. The molecule has 1 N–H and O–H groups in total. The third-order valence-corrected chi connectivity index (χ3v) is 6.32. The lowest BCUT2D eigenvalue weighted by molar-refractivity contribution is 0.0940. The number of sulfonamides is 1. The van der Waals surface area contributed by atoms with Crippen molar-refractivity contribution in [1.82, 2.24) is 5.32 Å². The molecule has 28 heavy (non-hydrogen) atoms. The predicted octanol–water partition coefficient (Wildman–Crippen LogP) is 4.00. The molecular formula is C22H22N2O3S. The maximum absolute atomic E-state index is 12.8. The molecule has 0 heterocycles. The molecule has 3 aromatic rings. The highest BCUT2D eigenvalue weighted by atomic mass is 32.2. The van der Waals surface area contributed by atoms with Crippen molar-refractivity contribution in [2.45, 2.75) is 17.9 Å². The van der Waals surface area contributed by atoms with Gasteiger partial charge < -0.3 is 5.32 Å². The second-order valence-corrected chi connectivity index (χ2v) is 8.41. The smallest absolute Gasteiger partial charge is 0.264 e. The highest BCUT2D eigenvalue weighted by molar-refractivity contribution is 7.92. The number of anilines is 1. The van der Waals surface area contributed by atoms with Crippen molar-refractivity contribution in [3.05, 3.63) is 96.1 Å². The highest BCUT2D eigenvalue weighted by Crippen LogP contribution is 2.23. The number of carbonyl (C=O) groups excluding carboxylic acids is 1. The summed E-state index contributed by atoms with van der Waals surface area (Å²) >= 11 is 0. The van der Waals surface area contributed by atoms with E-state index in [2.05, 4.69) is 5.32 Å². The Balaban J connectivity index is 1.81. The fourth-order valence-electron chi connectivity index (χ4n) is 2.84. The Kier molecular flexibility index (Phi) is 5.80. The van der Waals surface area contributed by atoms with Crippen LogP contribution < -0.4 is 9.62 Å². The maximum atomic E-state index is 12.8. The van der Waals surface area contributed by atoms with E-state index in [0.29, 0.717) is 11.3 Å². The fourth-order valence-corrected chi connectivity index (χ4v) is 4.05. The highest BCUT2D eigenvalue weighted by Gasteiger charge is 2.22. The van der Waals surface area contributed by atoms with E-state index >= 15 is 0 Å². The van der Waals surface area contributed by atoms with Gasteiger partial charge in [0, 0.05) is 12.6 Å². The second kappa shape index (κ2) is 8.27. The van der Waals surface area contributed by atoms with E-state index in [1.807, 2.05) is 37.3 Å². The number of amides is 1. The minimum Gasteiger partial charge on any atom is -0.346 e. The molecule has 3 aromatic carbocycles. The molecule has 0 bridgehead atoms. The van der Waals surface area contributed by atoms with Gasteiger partial charge in [-0.3, -0.25) is 9.10 Å². The number of carbonyl (C=O) groups is 1. The summed E-state index contributed by atoms with van der Waals surface area (Å²) in [4.78, 5) is 12.8. The van der Waals surface area contributed by atoms with Gasteiger partial charge in [0.1, 0.15) is 0 Å². The zero-order chi connectivity index (χ0) is 20.1. The SMILES string of the molecule is C[C@@H](NC(=O)c1cccc(N(C)S(=O)(=O)c2ccccc2)c1)c1ccccc1. The van der Waals surface area contributed by atoms with Gasteiger partial charge in [-0.05, 0) is 42.8 Å². The zero-order valence-electron chi connectivity index (χ0n) is 15.7. The van der Waals surface area contributed by atoms with E-state index < -0.39 is 10.0 Å². The zero-order valence-corrected chi connectivity index (χ0v) is 16.6. The molecule has 0 fully saturated rings. The van der Waals surface area contributed by atoms with Crippen LogP contribution in [0.3, 0.4) is 0 Å². The molecule has 1 atom stereocenters. The van der Waals surface area contributed by atoms with Crippen molar-refractivity contribution in [3.63, 3.8) is 0 Å². The van der Waals surface area contributed by atoms with Gasteiger partial charge >= 0.3 is 0 Å². The average Bonchev–Trinajstić information content (AvgIpc) is 2.74. The van der Waals surface area contributed by atoms with Crippen molar-refractivity contribution < 1.29 is 13.2 Å². The van der Waals surface area contributed by atoms with Crippen LogP contribution in [0.2, 0.25) is 0 Å². The molecule has 6 heteroatoms. The molecule has 0 aliphatic rings. The lowest BCUT2D eigenvalue weighted by atomic mass is 10.1. The van der Waals surface area contributed by atoms with Crippen molar-refractivity contribution >= 4 is 21.6 Å². The Morgan fingerprint density at radius 2 is 1.50 bits per heavy atom. The van der Waals surface area contributed by atoms with E-state index in [0.717, 1.165) is 5.56 Å². The summed E-state index contributed by atoms with van der Waals surface area (Å²) in [5, 5.41) is 2.94. The molecule has 0 saturated carbocycles. The summed E-state index contributed by atoms with van der Waals surface area (Å²) in [7, 11) is -2.22. The van der Waals surface area contributed by atoms with Crippen LogP contribution in [-0.4, -0.2) is 21.4 Å². The van der Waals surface area contributed by atoms with Crippen LogP contribution in [0.1, 0.15) is 28.9 Å². The van der Waals surface area contributed by atoms with Crippen molar-refractivity contribution in [1.29, 1.82) is 0 Å². The first-order valence-electron chi connectivity index (χ1n) is 8.89. The molecule has 3 rings (SSSR count). The lowest BCUT2D eigenvalue weighted by Gasteiger charge is -2.20. The van der Waals surface area contributed by atoms with Gasteiger partial charge in [0.05, 0.1) is 16.6 Å². The van der Waals surface area contributed by atoms with Crippen LogP contribution in [0.4, 0.5) is 5.69 Å². The molecule has 144 valence electrons. The van der Waals surface area contributed by atoms with Gasteiger partial charge in [-0.15, -0.1) is 0 Å². The first kappa shape index (κ1) is 19.6. The maximum Gasteiger partial charge on any atom is 0.264 e. The molecule has 5 nitrogen and oxygen atoms in total. The van der Waals surface area contributed by atoms with Gasteiger partial charge in [0.15, 0.2) is 0 Å². The Hall–Kier alpha value is -3.12. The summed E-state index contributed by atoms with van der Waals surface area (Å²) in [6.45, 7) is 1.91. The van der Waals surface area contributed by atoms with Crippen LogP contribution in [0, 0.1) is 0 Å². The van der Waals surface area contributed by atoms with Gasteiger partial charge in [0.25, 0.3) is 15.9 Å². The van der Waals surface area contributed by atoms with Crippen LogP contribution in [0.15, 0.2) is 89.8 Å². The second-order valence-electron chi connectivity index (χ2n) is 6.44. The van der Waals surface area contributed by atoms with E-state index in [9.17, 15) is 13.2 Å². The number of hydrogen-bond acceptors (Lipinski definition) is 3. The van der Waals surface area contributed by atoms with Crippen LogP contribution in [-0.2, 0) is 10.0 Å². The van der Waals surface area contributed by atoms with Crippen molar-refractivity contribution in [3.8, 4) is 0 Å². The van der Waals surface area contributed by atoms with Gasteiger partial charge in [-0.2, -0.15) is 0 Å². The molecule has 0 aliphatic carbocycles. The van der Waals surface area contributed by atoms with E-state index in [4.69, 9.17) is 0 Å². The predicted molar refractivity (Wildman–Crippen MR) is 111 cm³/mol. The lowest BCUT2D eigenvalue weighted by Crippen LogP contribution is -2.28. The fraction of sp³-hybridized carbons (Fsp3) is 0.136. The third-order valence-electron chi connectivity index (χ3n) is 4.52. The molecule has 0 radical (unpaired) electrons. The molecule has 0 spiro atoms. The Labute approximate surface area is 165 Å². The van der Waals surface area contributed by atoms with Gasteiger partial charge in [-0.25, -0.2) is 8.42 Å². The summed E-state index contributed by atoms with van der Waals surface area (Å²) < 4.78 is 26.8. The summed E-state index contributed by atoms with van der Waals surface area (Å²) in [6, 6.07) is 24.3. The number of nitrogens with one attached hydrogen (secondary N) is 1. The first-order valence-corrected chi connectivity index (χ1v) is 10.3. The van der Waals surface area contributed by atoms with E-state index in [-0.39, 0.29) is 16.8 Å². The Bertz CT molecular complexity index is 1050. The first-order chi connectivity index (χ1) is 13.4. The standard InChI is InChI=1S/C22H22N2O3S/c1-17(18-10-5-3-6-11-18)23-22(25)19-12-9-13-20(16-19)24(2)28(26,27)21-14-7-4-8-15-21/h3-17H,1-2H3,(H,23,25)/t17-/m1/s1. The number of hydrogen-bond donors (Lipinski definition) is 1. The van der Waals surface area contributed by atoms with E-state index in [1.165, 1.54) is 11.4 Å². The minimum atomic E-state index is -3.70. The van der Waals surface area contributed by atoms with Gasteiger partial charge in [-0.1, -0.05) is 54.6 Å². The van der Waals surface area contributed by atoms with E-state index in [1.54, 1.807) is 54.6 Å². The summed E-state index contributed by atoms with van der Waals surface area (Å²) in [5.74, 6) is -0.260. The molecule has 1 amide bonds. The van der Waals surface area contributed by atoms with Crippen molar-refractivity contribution in [2.24, 2.45) is 0 Å². The topological polar surface area (TPSA) is 66.5 Å². The minimum absolute atomic E-state index is 0.164. The molecule has 0 saturated heterocycles. The normalized spacial score (nSPS) is 12.2. The Morgan fingerprint density at radius 3 is 2.14 bits per heavy atom. The molecule has 0 aromatic heterocycles. The number of nitrogens with zero attached hydrogens (tertiary/aromatic N) is 1. The number of benzene rings is 3. The monoisotopic (exact) mass is 394 g/mol. The van der Waals surface area contributed by atoms with Crippen molar-refractivity contribution in [2.75, 3.05) is 11.4 Å². The third kappa shape index (κ3) is 4.23. The van der Waals surface area contributed by atoms with Crippen LogP contribution in [0.5, 0.6) is 0 Å². The summed E-state index contributed by atoms with van der Waals surface area (Å²) in [5.41, 5.74) is 1.81. The molecular weight excluding hydrogens is 372 g/mol. The number of rotatable bonds is 6. The largest absolute Gasteiger partial charge is 0.346 e. The summed E-state index contributed by atoms with van der Waals surface area (Å²) in [6.07, 6.45) is 0. The average molecular weight is 394 g/mol. The Morgan fingerprint density at radius 1 is 0.893 bits per heavy atom. The van der Waals surface area contributed by atoms with Crippen LogP contribution in [0.25, 0.3) is 0 Å². The molecule has 0 aliphatic heterocycles. The quantitative estimate of drug-likeness (QED) is 0.687.